The average molecular weight is 436 g/mol. The summed E-state index contributed by atoms with van der Waals surface area (Å²) < 4.78 is 37.6. The highest BCUT2D eigenvalue weighted by Crippen LogP contribution is 2.30. The van der Waals surface area contributed by atoms with Crippen molar-refractivity contribution in [3.8, 4) is 5.75 Å². The molecule has 1 fully saturated rings. The van der Waals surface area contributed by atoms with Crippen LogP contribution in [0.3, 0.4) is 0 Å². The molecule has 0 unspecified atom stereocenters. The van der Waals surface area contributed by atoms with Crippen molar-refractivity contribution in [2.24, 2.45) is 11.8 Å². The molecule has 1 aromatic heterocycles. The number of hydrogen-bond acceptors (Lipinski definition) is 6. The lowest BCUT2D eigenvalue weighted by Gasteiger charge is -2.33. The number of hydrogen-bond donors (Lipinski definition) is 1. The molecular formula is C21H29N3O5S. The average Bonchev–Trinajstić information content (AvgIpc) is 3.10. The number of ether oxygens (including phenoxy) is 1. The number of nitrogens with zero attached hydrogens (tertiary/aromatic N) is 2. The predicted molar refractivity (Wildman–Crippen MR) is 111 cm³/mol. The second-order valence-corrected chi connectivity index (χ2v) is 9.63. The molecule has 8 nitrogen and oxygen atoms in total. The summed E-state index contributed by atoms with van der Waals surface area (Å²) in [5, 5.41) is 6.74. The van der Waals surface area contributed by atoms with E-state index in [1.165, 1.54) is 4.31 Å². The molecule has 1 aliphatic rings. The standard InChI is InChI=1S/C21H29N3O5S/c1-14(21(25)22-13-17-6-5-7-19(12-17)28-4)18-8-10-24(11-9-18)30(26,27)20-15(2)23-29-16(20)3/h5-7,12,14,18H,8-11,13H2,1-4H3,(H,22,25)/t14-/m1/s1. The molecule has 164 valence electrons. The van der Waals surface area contributed by atoms with Gasteiger partial charge in [-0.2, -0.15) is 4.31 Å². The molecule has 1 atom stereocenters. The van der Waals surface area contributed by atoms with Crippen molar-refractivity contribution < 1.29 is 22.5 Å². The zero-order chi connectivity index (χ0) is 21.9. The Morgan fingerprint density at radius 3 is 2.63 bits per heavy atom. The Hall–Kier alpha value is -2.39. The summed E-state index contributed by atoms with van der Waals surface area (Å²) >= 11 is 0. The van der Waals surface area contributed by atoms with Gasteiger partial charge in [0.25, 0.3) is 0 Å². The first-order chi connectivity index (χ1) is 14.2. The first-order valence-electron chi connectivity index (χ1n) is 10.1. The van der Waals surface area contributed by atoms with Gasteiger partial charge >= 0.3 is 0 Å². The fourth-order valence-corrected chi connectivity index (χ4v) is 5.70. The summed E-state index contributed by atoms with van der Waals surface area (Å²) in [6.45, 7) is 6.33. The van der Waals surface area contributed by atoms with Crippen molar-refractivity contribution >= 4 is 15.9 Å². The molecule has 3 rings (SSSR count). The second-order valence-electron chi connectivity index (χ2n) is 7.75. The smallest absolute Gasteiger partial charge is 0.248 e. The number of methoxy groups -OCH3 is 1. The molecule has 0 radical (unpaired) electrons. The molecule has 0 aliphatic carbocycles. The fourth-order valence-electron chi connectivity index (χ4n) is 3.93. The molecule has 1 N–H and O–H groups in total. The van der Waals surface area contributed by atoms with Crippen molar-refractivity contribution in [1.29, 1.82) is 0 Å². The summed E-state index contributed by atoms with van der Waals surface area (Å²) in [5.74, 6) is 0.970. The van der Waals surface area contributed by atoms with Crippen LogP contribution < -0.4 is 10.1 Å². The molecule has 1 amide bonds. The Balaban J connectivity index is 1.55. The Kier molecular flexibility index (Phi) is 6.82. The lowest BCUT2D eigenvalue weighted by atomic mass is 9.85. The second kappa shape index (κ2) is 9.18. The van der Waals surface area contributed by atoms with Crippen molar-refractivity contribution in [2.75, 3.05) is 20.2 Å². The van der Waals surface area contributed by atoms with Crippen molar-refractivity contribution in [1.82, 2.24) is 14.8 Å². The highest BCUT2D eigenvalue weighted by Gasteiger charge is 2.36. The Morgan fingerprint density at radius 1 is 1.33 bits per heavy atom. The quantitative estimate of drug-likeness (QED) is 0.717. The van der Waals surface area contributed by atoms with E-state index < -0.39 is 10.0 Å². The van der Waals surface area contributed by atoms with Gasteiger partial charge in [0.2, 0.25) is 15.9 Å². The summed E-state index contributed by atoms with van der Waals surface area (Å²) in [5.41, 5.74) is 1.34. The van der Waals surface area contributed by atoms with Gasteiger partial charge in [0.15, 0.2) is 5.76 Å². The van der Waals surface area contributed by atoms with Gasteiger partial charge in [-0.15, -0.1) is 0 Å². The third-order valence-electron chi connectivity index (χ3n) is 5.79. The zero-order valence-corrected chi connectivity index (χ0v) is 18.7. The van der Waals surface area contributed by atoms with Gasteiger partial charge in [0.05, 0.1) is 7.11 Å². The predicted octanol–water partition coefficient (Wildman–Crippen LogP) is 2.65. The Morgan fingerprint density at radius 2 is 2.03 bits per heavy atom. The lowest BCUT2D eigenvalue weighted by molar-refractivity contribution is -0.126. The highest BCUT2D eigenvalue weighted by molar-refractivity contribution is 7.89. The molecule has 30 heavy (non-hydrogen) atoms. The number of sulfonamides is 1. The number of benzene rings is 1. The van der Waals surface area contributed by atoms with Crippen LogP contribution in [-0.4, -0.2) is 44.0 Å². The number of nitrogens with one attached hydrogen (secondary N) is 1. The van der Waals surface area contributed by atoms with Crippen molar-refractivity contribution in [3.05, 3.63) is 41.3 Å². The van der Waals surface area contributed by atoms with Gasteiger partial charge in [-0.25, -0.2) is 8.42 Å². The molecule has 1 aliphatic heterocycles. The van der Waals surface area contributed by atoms with E-state index >= 15 is 0 Å². The minimum absolute atomic E-state index is 0.0233. The molecular weight excluding hydrogens is 406 g/mol. The zero-order valence-electron chi connectivity index (χ0n) is 17.8. The molecule has 0 spiro atoms. The summed E-state index contributed by atoms with van der Waals surface area (Å²) in [6, 6.07) is 7.58. The number of aromatic nitrogens is 1. The van der Waals surface area contributed by atoms with Crippen molar-refractivity contribution in [3.63, 3.8) is 0 Å². The third-order valence-corrected chi connectivity index (χ3v) is 7.93. The Bertz CT molecular complexity index is 974. The lowest BCUT2D eigenvalue weighted by Crippen LogP contribution is -2.42. The third kappa shape index (κ3) is 4.67. The maximum atomic E-state index is 12.9. The monoisotopic (exact) mass is 435 g/mol. The highest BCUT2D eigenvalue weighted by atomic mass is 32.2. The van der Waals surface area contributed by atoms with E-state index in [1.807, 2.05) is 31.2 Å². The molecule has 0 saturated carbocycles. The normalized spacial score (nSPS) is 16.9. The van der Waals surface area contributed by atoms with E-state index in [1.54, 1.807) is 21.0 Å². The Labute approximate surface area is 177 Å². The number of aryl methyl sites for hydroxylation is 2. The number of piperidine rings is 1. The van der Waals surface area contributed by atoms with E-state index in [9.17, 15) is 13.2 Å². The van der Waals surface area contributed by atoms with Gasteiger partial charge in [-0.1, -0.05) is 24.2 Å². The molecule has 0 bridgehead atoms. The molecule has 1 aromatic carbocycles. The maximum Gasteiger partial charge on any atom is 0.248 e. The summed E-state index contributed by atoms with van der Waals surface area (Å²) in [7, 11) is -2.03. The minimum atomic E-state index is -3.64. The number of amides is 1. The van der Waals surface area contributed by atoms with Crippen LogP contribution in [0.1, 0.15) is 36.8 Å². The van der Waals surface area contributed by atoms with E-state index in [-0.39, 0.29) is 22.6 Å². The van der Waals surface area contributed by atoms with Gasteiger partial charge in [0.1, 0.15) is 16.3 Å². The van der Waals surface area contributed by atoms with Gasteiger partial charge < -0.3 is 14.6 Å². The van der Waals surface area contributed by atoms with Crippen LogP contribution in [0.4, 0.5) is 0 Å². The minimum Gasteiger partial charge on any atom is -0.497 e. The number of rotatable bonds is 7. The van der Waals surface area contributed by atoms with Gasteiger partial charge in [-0.05, 0) is 50.3 Å². The first kappa shape index (κ1) is 22.3. The fraction of sp³-hybridized carbons (Fsp3) is 0.524. The largest absolute Gasteiger partial charge is 0.497 e. The van der Waals surface area contributed by atoms with Crippen LogP contribution in [0.5, 0.6) is 5.75 Å². The maximum absolute atomic E-state index is 12.9. The van der Waals surface area contributed by atoms with E-state index in [4.69, 9.17) is 9.26 Å². The van der Waals surface area contributed by atoms with Gasteiger partial charge in [0, 0.05) is 25.6 Å². The van der Waals surface area contributed by atoms with Crippen LogP contribution in [-0.2, 0) is 21.4 Å². The topological polar surface area (TPSA) is 102 Å². The summed E-state index contributed by atoms with van der Waals surface area (Å²) in [4.78, 5) is 12.8. The van der Waals surface area contributed by atoms with Crippen LogP contribution in [0.15, 0.2) is 33.7 Å². The number of carbonyl (C=O) groups excluding carboxylic acids is 1. The molecule has 2 heterocycles. The van der Waals surface area contributed by atoms with Gasteiger partial charge in [-0.3, -0.25) is 4.79 Å². The van der Waals surface area contributed by atoms with Crippen LogP contribution in [0, 0.1) is 25.7 Å². The van der Waals surface area contributed by atoms with E-state index in [0.717, 1.165) is 11.3 Å². The van der Waals surface area contributed by atoms with E-state index in [2.05, 4.69) is 10.5 Å². The SMILES string of the molecule is COc1cccc(CNC(=O)[C@H](C)C2CCN(S(=O)(=O)c3c(C)noc3C)CC2)c1. The first-order valence-corrected chi connectivity index (χ1v) is 11.5. The molecule has 1 saturated heterocycles. The molecule has 2 aromatic rings. The van der Waals surface area contributed by atoms with Crippen LogP contribution in [0.2, 0.25) is 0 Å². The van der Waals surface area contributed by atoms with Crippen molar-refractivity contribution in [2.45, 2.75) is 45.1 Å². The number of carbonyl (C=O) groups is 1. The summed E-state index contributed by atoms with van der Waals surface area (Å²) in [6.07, 6.45) is 1.27. The molecule has 9 heteroatoms. The van der Waals surface area contributed by atoms with E-state index in [0.29, 0.717) is 43.9 Å². The van der Waals surface area contributed by atoms with Crippen LogP contribution >= 0.6 is 0 Å². The van der Waals surface area contributed by atoms with Crippen LogP contribution in [0.25, 0.3) is 0 Å².